The SMILES string of the molecule is CCCC(NC(=O)c1ccc(N(C)CC)cc1)C(=O)Nc1cccc(N2CCCC2)c1. The largest absolute Gasteiger partial charge is 0.375 e. The minimum absolute atomic E-state index is 0.184. The summed E-state index contributed by atoms with van der Waals surface area (Å²) in [4.78, 5) is 30.1. The molecule has 1 heterocycles. The van der Waals surface area contributed by atoms with Crippen molar-refractivity contribution in [3.63, 3.8) is 0 Å². The normalized spacial score (nSPS) is 14.2. The van der Waals surface area contributed by atoms with Gasteiger partial charge in [0, 0.05) is 49.3 Å². The standard InChI is InChI=1S/C25H34N4O2/c1-4-9-23(27-24(30)19-12-14-21(15-13-19)28(3)5-2)25(31)26-20-10-8-11-22(18-20)29-16-6-7-17-29/h8,10-15,18,23H,4-7,9,16-17H2,1-3H3,(H,26,31)(H,27,30). The van der Waals surface area contributed by atoms with Crippen LogP contribution >= 0.6 is 0 Å². The highest BCUT2D eigenvalue weighted by atomic mass is 16.2. The van der Waals surface area contributed by atoms with Gasteiger partial charge < -0.3 is 20.4 Å². The average Bonchev–Trinajstić information content (AvgIpc) is 3.33. The fourth-order valence-electron chi connectivity index (χ4n) is 3.83. The lowest BCUT2D eigenvalue weighted by molar-refractivity contribution is -0.118. The molecule has 6 nitrogen and oxygen atoms in total. The lowest BCUT2D eigenvalue weighted by Gasteiger charge is -2.21. The van der Waals surface area contributed by atoms with Crippen LogP contribution in [0.5, 0.6) is 0 Å². The van der Waals surface area contributed by atoms with E-state index in [4.69, 9.17) is 0 Å². The maximum Gasteiger partial charge on any atom is 0.251 e. The second-order valence-corrected chi connectivity index (χ2v) is 8.11. The van der Waals surface area contributed by atoms with Crippen molar-refractivity contribution >= 4 is 28.9 Å². The summed E-state index contributed by atoms with van der Waals surface area (Å²) in [7, 11) is 2.01. The van der Waals surface area contributed by atoms with Gasteiger partial charge in [0.1, 0.15) is 6.04 Å². The van der Waals surface area contributed by atoms with Crippen molar-refractivity contribution in [2.75, 3.05) is 41.8 Å². The zero-order valence-electron chi connectivity index (χ0n) is 18.9. The summed E-state index contributed by atoms with van der Waals surface area (Å²) in [5, 5.41) is 5.90. The van der Waals surface area contributed by atoms with Gasteiger partial charge in [-0.3, -0.25) is 9.59 Å². The molecule has 1 aliphatic rings. The van der Waals surface area contributed by atoms with Crippen LogP contribution in [0.15, 0.2) is 48.5 Å². The summed E-state index contributed by atoms with van der Waals surface area (Å²) >= 11 is 0. The van der Waals surface area contributed by atoms with Crippen LogP contribution in [0.1, 0.15) is 49.9 Å². The van der Waals surface area contributed by atoms with E-state index < -0.39 is 6.04 Å². The number of carbonyl (C=O) groups excluding carboxylic acids is 2. The molecule has 1 unspecified atom stereocenters. The van der Waals surface area contributed by atoms with Crippen LogP contribution in [-0.4, -0.2) is 44.5 Å². The molecule has 0 aromatic heterocycles. The van der Waals surface area contributed by atoms with Crippen LogP contribution in [0, 0.1) is 0 Å². The Labute approximate surface area is 185 Å². The predicted octanol–water partition coefficient (Wildman–Crippen LogP) is 4.28. The smallest absolute Gasteiger partial charge is 0.251 e. The number of anilines is 3. The van der Waals surface area contributed by atoms with Gasteiger partial charge in [0.2, 0.25) is 5.91 Å². The first-order valence-corrected chi connectivity index (χ1v) is 11.3. The molecule has 166 valence electrons. The van der Waals surface area contributed by atoms with Crippen LogP contribution in [0.2, 0.25) is 0 Å². The number of hydrogen-bond donors (Lipinski definition) is 2. The minimum atomic E-state index is -0.578. The van der Waals surface area contributed by atoms with E-state index in [9.17, 15) is 9.59 Å². The number of nitrogens with one attached hydrogen (secondary N) is 2. The Morgan fingerprint density at radius 1 is 1.06 bits per heavy atom. The average molecular weight is 423 g/mol. The molecule has 0 spiro atoms. The van der Waals surface area contributed by atoms with Gasteiger partial charge in [0.25, 0.3) is 5.91 Å². The number of benzene rings is 2. The molecular formula is C25H34N4O2. The van der Waals surface area contributed by atoms with E-state index >= 15 is 0 Å². The summed E-state index contributed by atoms with van der Waals surface area (Å²) in [6.07, 6.45) is 3.79. The highest BCUT2D eigenvalue weighted by Gasteiger charge is 2.21. The molecule has 3 rings (SSSR count). The fraction of sp³-hybridized carbons (Fsp3) is 0.440. The molecule has 0 bridgehead atoms. The summed E-state index contributed by atoms with van der Waals surface area (Å²) in [5.74, 6) is -0.416. The molecule has 2 aromatic rings. The third-order valence-corrected chi connectivity index (χ3v) is 5.83. The molecule has 1 fully saturated rings. The van der Waals surface area contributed by atoms with Gasteiger partial charge in [-0.25, -0.2) is 0 Å². The third kappa shape index (κ3) is 6.00. The van der Waals surface area contributed by atoms with Crippen LogP contribution in [-0.2, 0) is 4.79 Å². The van der Waals surface area contributed by atoms with Crippen molar-refractivity contribution in [3.8, 4) is 0 Å². The van der Waals surface area contributed by atoms with Crippen molar-refractivity contribution in [2.45, 2.75) is 45.6 Å². The second kappa shape index (κ2) is 10.8. The van der Waals surface area contributed by atoms with Crippen LogP contribution in [0.4, 0.5) is 17.1 Å². The van der Waals surface area contributed by atoms with Gasteiger partial charge in [-0.2, -0.15) is 0 Å². The van der Waals surface area contributed by atoms with Crippen molar-refractivity contribution < 1.29 is 9.59 Å². The van der Waals surface area contributed by atoms with E-state index in [1.165, 1.54) is 12.8 Å². The number of rotatable bonds is 9. The van der Waals surface area contributed by atoms with Gasteiger partial charge in [0.15, 0.2) is 0 Å². The molecule has 2 amide bonds. The maximum absolute atomic E-state index is 12.9. The minimum Gasteiger partial charge on any atom is -0.375 e. The molecule has 1 aliphatic heterocycles. The first-order valence-electron chi connectivity index (χ1n) is 11.3. The summed E-state index contributed by atoms with van der Waals surface area (Å²) in [6.45, 7) is 7.09. The van der Waals surface area contributed by atoms with E-state index in [0.717, 1.165) is 43.1 Å². The van der Waals surface area contributed by atoms with E-state index in [0.29, 0.717) is 12.0 Å². The molecule has 0 aliphatic carbocycles. The van der Waals surface area contributed by atoms with Gasteiger partial charge in [0.05, 0.1) is 0 Å². The molecule has 1 saturated heterocycles. The lowest BCUT2D eigenvalue weighted by atomic mass is 10.1. The van der Waals surface area contributed by atoms with Gasteiger partial charge >= 0.3 is 0 Å². The van der Waals surface area contributed by atoms with Crippen molar-refractivity contribution in [2.24, 2.45) is 0 Å². The predicted molar refractivity (Wildman–Crippen MR) is 128 cm³/mol. The third-order valence-electron chi connectivity index (χ3n) is 5.83. The van der Waals surface area contributed by atoms with Crippen molar-refractivity contribution in [3.05, 3.63) is 54.1 Å². The highest BCUT2D eigenvalue weighted by Crippen LogP contribution is 2.23. The molecule has 0 radical (unpaired) electrons. The zero-order valence-corrected chi connectivity index (χ0v) is 18.9. The molecule has 0 saturated carbocycles. The van der Waals surface area contributed by atoms with Crippen LogP contribution in [0.3, 0.4) is 0 Å². The van der Waals surface area contributed by atoms with Crippen LogP contribution < -0.4 is 20.4 Å². The maximum atomic E-state index is 12.9. The molecule has 1 atom stereocenters. The Hall–Kier alpha value is -3.02. The molecule has 6 heteroatoms. The quantitative estimate of drug-likeness (QED) is 0.633. The second-order valence-electron chi connectivity index (χ2n) is 8.11. The number of hydrogen-bond acceptors (Lipinski definition) is 4. The van der Waals surface area contributed by atoms with Gasteiger partial charge in [-0.05, 0) is 68.7 Å². The highest BCUT2D eigenvalue weighted by molar-refractivity contribution is 6.01. The topological polar surface area (TPSA) is 64.7 Å². The molecule has 31 heavy (non-hydrogen) atoms. The Morgan fingerprint density at radius 2 is 1.77 bits per heavy atom. The summed E-state index contributed by atoms with van der Waals surface area (Å²) < 4.78 is 0. The van der Waals surface area contributed by atoms with E-state index in [2.05, 4.69) is 33.4 Å². The monoisotopic (exact) mass is 422 g/mol. The number of carbonyl (C=O) groups is 2. The van der Waals surface area contributed by atoms with Crippen molar-refractivity contribution in [1.29, 1.82) is 0 Å². The Kier molecular flexibility index (Phi) is 7.93. The van der Waals surface area contributed by atoms with E-state index in [1.807, 2.05) is 44.3 Å². The lowest BCUT2D eigenvalue weighted by Crippen LogP contribution is -2.43. The van der Waals surface area contributed by atoms with Gasteiger partial charge in [-0.1, -0.05) is 19.4 Å². The van der Waals surface area contributed by atoms with E-state index in [1.54, 1.807) is 12.1 Å². The fourth-order valence-corrected chi connectivity index (χ4v) is 3.83. The molecule has 2 aromatic carbocycles. The Bertz CT molecular complexity index is 875. The zero-order chi connectivity index (χ0) is 22.2. The van der Waals surface area contributed by atoms with Gasteiger partial charge in [-0.15, -0.1) is 0 Å². The molecular weight excluding hydrogens is 388 g/mol. The van der Waals surface area contributed by atoms with Crippen molar-refractivity contribution in [1.82, 2.24) is 5.32 Å². The first-order chi connectivity index (χ1) is 15.0. The van der Waals surface area contributed by atoms with E-state index in [-0.39, 0.29) is 11.8 Å². The summed E-state index contributed by atoms with van der Waals surface area (Å²) in [5.41, 5.74) is 3.50. The molecule has 2 N–H and O–H groups in total. The first kappa shape index (κ1) is 22.7. The number of amides is 2. The number of nitrogens with zero attached hydrogens (tertiary/aromatic N) is 2. The van der Waals surface area contributed by atoms with Crippen LogP contribution in [0.25, 0.3) is 0 Å². The summed E-state index contributed by atoms with van der Waals surface area (Å²) in [6, 6.07) is 14.8. The Balaban J connectivity index is 1.65. The Morgan fingerprint density at radius 3 is 2.42 bits per heavy atom.